The molecule has 26 heavy (non-hydrogen) atoms. The quantitative estimate of drug-likeness (QED) is 0.566. The maximum atomic E-state index is 8.88. The van der Waals surface area contributed by atoms with E-state index < -0.39 is 0 Å². The van der Waals surface area contributed by atoms with Crippen LogP contribution in [0.5, 0.6) is 0 Å². The van der Waals surface area contributed by atoms with Crippen LogP contribution in [0.15, 0.2) is 54.6 Å². The van der Waals surface area contributed by atoms with E-state index in [1.165, 1.54) is 0 Å². The molecule has 0 saturated heterocycles. The molecule has 0 aliphatic carbocycles. The molecule has 0 radical (unpaired) electrons. The Bertz CT molecular complexity index is 820. The molecule has 2 aromatic carbocycles. The van der Waals surface area contributed by atoms with Crippen LogP contribution in [0.3, 0.4) is 0 Å². The average Bonchev–Trinajstić information content (AvgIpc) is 3.05. The lowest BCUT2D eigenvalue weighted by atomic mass is 10.1. The van der Waals surface area contributed by atoms with Crippen LogP contribution in [-0.2, 0) is 13.1 Å². The Morgan fingerprint density at radius 2 is 1.85 bits per heavy atom. The van der Waals surface area contributed by atoms with Gasteiger partial charge in [0.1, 0.15) is 11.4 Å². The van der Waals surface area contributed by atoms with E-state index in [9.17, 15) is 0 Å². The van der Waals surface area contributed by atoms with Gasteiger partial charge in [0, 0.05) is 23.7 Å². The number of nitrogens with one attached hydrogen (secondary N) is 1. The Hall–Kier alpha value is -2.21. The van der Waals surface area contributed by atoms with Crippen LogP contribution in [0.2, 0.25) is 5.02 Å². The number of aromatic nitrogens is 3. The highest BCUT2D eigenvalue weighted by Crippen LogP contribution is 2.20. The molecule has 0 saturated carbocycles. The number of aliphatic hydroxyl groups is 1. The molecule has 0 aliphatic rings. The molecule has 0 unspecified atom stereocenters. The maximum Gasteiger partial charge on any atom is 0.117 e. The van der Waals surface area contributed by atoms with Gasteiger partial charge >= 0.3 is 0 Å². The smallest absolute Gasteiger partial charge is 0.117 e. The van der Waals surface area contributed by atoms with Crippen molar-refractivity contribution in [2.45, 2.75) is 25.9 Å². The van der Waals surface area contributed by atoms with E-state index in [2.05, 4.69) is 10.4 Å². The minimum absolute atomic E-state index is 0.229. The number of hydrogen-bond acceptors (Lipinski definition) is 4. The zero-order chi connectivity index (χ0) is 18.2. The van der Waals surface area contributed by atoms with E-state index in [1.54, 1.807) is 4.80 Å². The number of halogens is 1. The number of rotatable bonds is 9. The molecule has 3 aromatic rings. The first-order valence-corrected chi connectivity index (χ1v) is 9.19. The van der Waals surface area contributed by atoms with Gasteiger partial charge in [-0.3, -0.25) is 0 Å². The summed E-state index contributed by atoms with van der Waals surface area (Å²) in [7, 11) is 0. The van der Waals surface area contributed by atoms with Crippen LogP contribution in [0.1, 0.15) is 24.1 Å². The van der Waals surface area contributed by atoms with E-state index in [4.69, 9.17) is 21.8 Å². The first-order chi connectivity index (χ1) is 12.8. The van der Waals surface area contributed by atoms with Crippen molar-refractivity contribution in [1.29, 1.82) is 0 Å². The van der Waals surface area contributed by atoms with Crippen LogP contribution in [-0.4, -0.2) is 33.3 Å². The zero-order valence-corrected chi connectivity index (χ0v) is 15.4. The molecule has 1 aromatic heterocycles. The highest BCUT2D eigenvalue weighted by molar-refractivity contribution is 6.30. The summed E-state index contributed by atoms with van der Waals surface area (Å²) in [5.41, 5.74) is 3.93. The summed E-state index contributed by atoms with van der Waals surface area (Å²) < 4.78 is 0. The van der Waals surface area contributed by atoms with Crippen LogP contribution in [0, 0.1) is 0 Å². The molecule has 0 atom stereocenters. The molecule has 0 fully saturated rings. The molecule has 2 N–H and O–H groups in total. The summed E-state index contributed by atoms with van der Waals surface area (Å²) in [6, 6.07) is 17.8. The van der Waals surface area contributed by atoms with Gasteiger partial charge in [-0.05, 0) is 37.1 Å². The van der Waals surface area contributed by atoms with Gasteiger partial charge in [-0.1, -0.05) is 54.1 Å². The van der Waals surface area contributed by atoms with Gasteiger partial charge in [0.15, 0.2) is 0 Å². The fourth-order valence-electron chi connectivity index (χ4n) is 2.76. The van der Waals surface area contributed by atoms with Crippen molar-refractivity contribution in [2.75, 3.05) is 13.2 Å². The fraction of sp³-hybridized carbons (Fsp3) is 0.300. The van der Waals surface area contributed by atoms with Crippen molar-refractivity contribution < 1.29 is 5.11 Å². The minimum atomic E-state index is 0.229. The van der Waals surface area contributed by atoms with Crippen molar-refractivity contribution in [1.82, 2.24) is 20.3 Å². The topological polar surface area (TPSA) is 63.0 Å². The van der Waals surface area contributed by atoms with Crippen LogP contribution >= 0.6 is 11.6 Å². The number of hydrogen-bond donors (Lipinski definition) is 2. The molecule has 6 heteroatoms. The Labute approximate surface area is 158 Å². The molecular weight excluding hydrogens is 348 g/mol. The number of benzene rings is 2. The third-order valence-electron chi connectivity index (χ3n) is 4.04. The summed E-state index contributed by atoms with van der Waals surface area (Å²) in [4.78, 5) is 1.72. The van der Waals surface area contributed by atoms with E-state index in [0.717, 1.165) is 41.9 Å². The van der Waals surface area contributed by atoms with E-state index in [0.29, 0.717) is 18.1 Å². The van der Waals surface area contributed by atoms with E-state index >= 15 is 0 Å². The zero-order valence-electron chi connectivity index (χ0n) is 14.6. The second-order valence-corrected chi connectivity index (χ2v) is 6.57. The lowest BCUT2D eigenvalue weighted by Gasteiger charge is -2.03. The molecule has 0 aliphatic heterocycles. The SMILES string of the molecule is OCCCCNCc1nn(Cc2cccc(Cl)c2)nc1-c1ccccc1. The van der Waals surface area contributed by atoms with Gasteiger partial charge in [-0.2, -0.15) is 15.0 Å². The highest BCUT2D eigenvalue weighted by atomic mass is 35.5. The predicted octanol–water partition coefficient (Wildman–Crippen LogP) is 3.51. The largest absolute Gasteiger partial charge is 0.396 e. The molecule has 0 spiro atoms. The Balaban J connectivity index is 1.78. The molecule has 5 nitrogen and oxygen atoms in total. The number of aliphatic hydroxyl groups excluding tert-OH is 1. The van der Waals surface area contributed by atoms with Crippen molar-refractivity contribution in [3.63, 3.8) is 0 Å². The average molecular weight is 371 g/mol. The third-order valence-corrected chi connectivity index (χ3v) is 4.27. The monoisotopic (exact) mass is 370 g/mol. The first-order valence-electron chi connectivity index (χ1n) is 8.81. The summed E-state index contributed by atoms with van der Waals surface area (Å²) in [5.74, 6) is 0. The van der Waals surface area contributed by atoms with Crippen molar-refractivity contribution in [3.05, 3.63) is 70.9 Å². The summed E-state index contributed by atoms with van der Waals surface area (Å²) in [6.45, 7) is 2.29. The van der Waals surface area contributed by atoms with Crippen molar-refractivity contribution >= 4 is 11.6 Å². The standard InChI is InChI=1S/C20H23ClN4O/c21-18-10-6-7-16(13-18)15-25-23-19(14-22-11-4-5-12-26)20(24-25)17-8-2-1-3-9-17/h1-3,6-10,13,22,26H,4-5,11-12,14-15H2. The fourth-order valence-corrected chi connectivity index (χ4v) is 2.97. The molecule has 0 bridgehead atoms. The van der Waals surface area contributed by atoms with Gasteiger partial charge in [-0.25, -0.2) is 0 Å². The van der Waals surface area contributed by atoms with Crippen molar-refractivity contribution in [3.8, 4) is 11.3 Å². The second-order valence-electron chi connectivity index (χ2n) is 6.13. The molecule has 0 amide bonds. The van der Waals surface area contributed by atoms with Crippen LogP contribution < -0.4 is 5.32 Å². The van der Waals surface area contributed by atoms with Gasteiger partial charge < -0.3 is 10.4 Å². The summed E-state index contributed by atoms with van der Waals surface area (Å²) in [6.07, 6.45) is 1.74. The summed E-state index contributed by atoms with van der Waals surface area (Å²) >= 11 is 6.08. The Morgan fingerprint density at radius 3 is 2.62 bits per heavy atom. The van der Waals surface area contributed by atoms with Crippen LogP contribution in [0.4, 0.5) is 0 Å². The van der Waals surface area contributed by atoms with Gasteiger partial charge in [0.2, 0.25) is 0 Å². The van der Waals surface area contributed by atoms with Gasteiger partial charge in [-0.15, -0.1) is 0 Å². The number of nitrogens with zero attached hydrogens (tertiary/aromatic N) is 3. The molecule has 1 heterocycles. The Kier molecular flexibility index (Phi) is 6.77. The predicted molar refractivity (Wildman–Crippen MR) is 104 cm³/mol. The highest BCUT2D eigenvalue weighted by Gasteiger charge is 2.13. The normalized spacial score (nSPS) is 11.0. The van der Waals surface area contributed by atoms with Crippen molar-refractivity contribution in [2.24, 2.45) is 0 Å². The summed E-state index contributed by atoms with van der Waals surface area (Å²) in [5, 5.41) is 22.4. The van der Waals surface area contributed by atoms with E-state index in [-0.39, 0.29) is 6.61 Å². The lowest BCUT2D eigenvalue weighted by Crippen LogP contribution is -2.16. The molecule has 3 rings (SSSR count). The Morgan fingerprint density at radius 1 is 1.00 bits per heavy atom. The van der Waals surface area contributed by atoms with Gasteiger partial charge in [0.25, 0.3) is 0 Å². The number of unbranched alkanes of at least 4 members (excludes halogenated alkanes) is 1. The van der Waals surface area contributed by atoms with Crippen LogP contribution in [0.25, 0.3) is 11.3 Å². The minimum Gasteiger partial charge on any atom is -0.396 e. The molecule has 136 valence electrons. The first kappa shape index (κ1) is 18.6. The van der Waals surface area contributed by atoms with E-state index in [1.807, 2.05) is 54.6 Å². The third kappa shape index (κ3) is 5.14. The van der Waals surface area contributed by atoms with Gasteiger partial charge in [0.05, 0.1) is 6.54 Å². The molecular formula is C20H23ClN4O. The second kappa shape index (κ2) is 9.48. The lowest BCUT2D eigenvalue weighted by molar-refractivity contribution is 0.283. The maximum absolute atomic E-state index is 8.88.